The van der Waals surface area contributed by atoms with Gasteiger partial charge in [-0.2, -0.15) is 0 Å². The zero-order chi connectivity index (χ0) is 13.2. The number of aryl methyl sites for hydroxylation is 1. The number of halogens is 1. The molecule has 2 nitrogen and oxygen atoms in total. The van der Waals surface area contributed by atoms with Gasteiger partial charge in [0.1, 0.15) is 0 Å². The van der Waals surface area contributed by atoms with Crippen LogP contribution in [0.5, 0.6) is 0 Å². The van der Waals surface area contributed by atoms with Crippen LogP contribution in [0.2, 0.25) is 5.02 Å². The molecule has 3 heteroatoms. The summed E-state index contributed by atoms with van der Waals surface area (Å²) >= 11 is 6.02. The first kappa shape index (κ1) is 14.2. The van der Waals surface area contributed by atoms with Crippen LogP contribution in [0.3, 0.4) is 0 Å². The highest BCUT2D eigenvalue weighted by molar-refractivity contribution is 6.31. The van der Waals surface area contributed by atoms with E-state index in [4.69, 9.17) is 17.3 Å². The van der Waals surface area contributed by atoms with Crippen molar-refractivity contribution in [3.63, 3.8) is 0 Å². The second kappa shape index (κ2) is 5.18. The van der Waals surface area contributed by atoms with E-state index in [-0.39, 0.29) is 5.41 Å². The van der Waals surface area contributed by atoms with Gasteiger partial charge >= 0.3 is 0 Å². The van der Waals surface area contributed by atoms with Gasteiger partial charge < -0.3 is 11.1 Å². The molecule has 0 spiro atoms. The van der Waals surface area contributed by atoms with E-state index >= 15 is 0 Å². The summed E-state index contributed by atoms with van der Waals surface area (Å²) in [7, 11) is 0. The molecule has 0 unspecified atom stereocenters. The van der Waals surface area contributed by atoms with E-state index in [1.165, 1.54) is 0 Å². The number of anilines is 2. The third-order valence-electron chi connectivity index (χ3n) is 3.63. The molecule has 96 valence electrons. The van der Waals surface area contributed by atoms with Gasteiger partial charge in [0.2, 0.25) is 0 Å². The summed E-state index contributed by atoms with van der Waals surface area (Å²) in [6.07, 6.45) is 0. The second-order valence-corrected chi connectivity index (χ2v) is 6.09. The Balaban J connectivity index is 2.80. The lowest BCUT2D eigenvalue weighted by atomic mass is 9.81. The van der Waals surface area contributed by atoms with Crippen LogP contribution >= 0.6 is 11.6 Å². The lowest BCUT2D eigenvalue weighted by molar-refractivity contribution is 0.270. The average molecular weight is 255 g/mol. The highest BCUT2D eigenvalue weighted by atomic mass is 35.5. The molecule has 1 aromatic carbocycles. The SMILES string of the molecule is Cc1cc(NCC(C)(C)C(C)C)c(N)cc1Cl. The molecule has 3 N–H and O–H groups in total. The molecule has 0 aliphatic heterocycles. The van der Waals surface area contributed by atoms with E-state index in [0.717, 1.165) is 22.8 Å². The summed E-state index contributed by atoms with van der Waals surface area (Å²) in [4.78, 5) is 0. The first-order valence-corrected chi connectivity index (χ1v) is 6.41. The monoisotopic (exact) mass is 254 g/mol. The van der Waals surface area contributed by atoms with E-state index in [1.807, 2.05) is 19.1 Å². The van der Waals surface area contributed by atoms with Crippen molar-refractivity contribution in [1.29, 1.82) is 0 Å². The van der Waals surface area contributed by atoms with Crippen molar-refractivity contribution in [2.75, 3.05) is 17.6 Å². The number of nitrogens with one attached hydrogen (secondary N) is 1. The maximum absolute atomic E-state index is 6.02. The topological polar surface area (TPSA) is 38.0 Å². The third kappa shape index (κ3) is 3.53. The molecular formula is C14H23ClN2. The predicted octanol–water partition coefficient (Wildman–Crippen LogP) is 4.32. The zero-order valence-electron chi connectivity index (χ0n) is 11.4. The predicted molar refractivity (Wildman–Crippen MR) is 77.7 cm³/mol. The summed E-state index contributed by atoms with van der Waals surface area (Å²) < 4.78 is 0. The van der Waals surface area contributed by atoms with Crippen LogP contribution in [0.4, 0.5) is 11.4 Å². The molecule has 0 saturated heterocycles. The van der Waals surface area contributed by atoms with Crippen molar-refractivity contribution in [2.24, 2.45) is 11.3 Å². The highest BCUT2D eigenvalue weighted by Crippen LogP contribution is 2.30. The van der Waals surface area contributed by atoms with E-state index in [1.54, 1.807) is 0 Å². The summed E-state index contributed by atoms with van der Waals surface area (Å²) in [6, 6.07) is 3.82. The van der Waals surface area contributed by atoms with Crippen molar-refractivity contribution < 1.29 is 0 Å². The number of nitrogen functional groups attached to an aromatic ring is 1. The maximum Gasteiger partial charge on any atom is 0.0577 e. The van der Waals surface area contributed by atoms with Crippen molar-refractivity contribution in [3.05, 3.63) is 22.7 Å². The molecule has 0 aliphatic rings. The lowest BCUT2D eigenvalue weighted by Gasteiger charge is -2.30. The Morgan fingerprint density at radius 2 is 1.94 bits per heavy atom. The van der Waals surface area contributed by atoms with Crippen LogP contribution < -0.4 is 11.1 Å². The molecule has 0 amide bonds. The second-order valence-electron chi connectivity index (χ2n) is 5.69. The number of rotatable bonds is 4. The largest absolute Gasteiger partial charge is 0.397 e. The maximum atomic E-state index is 6.02. The van der Waals surface area contributed by atoms with Crippen LogP contribution in [0.15, 0.2) is 12.1 Å². The number of hydrogen-bond donors (Lipinski definition) is 2. The quantitative estimate of drug-likeness (QED) is 0.785. The number of hydrogen-bond acceptors (Lipinski definition) is 2. The summed E-state index contributed by atoms with van der Waals surface area (Å²) in [6.45, 7) is 11.9. The molecule has 1 aromatic rings. The summed E-state index contributed by atoms with van der Waals surface area (Å²) in [5.41, 5.74) is 8.91. The zero-order valence-corrected chi connectivity index (χ0v) is 12.2. The van der Waals surface area contributed by atoms with Gasteiger partial charge in [0.25, 0.3) is 0 Å². The van der Waals surface area contributed by atoms with Crippen molar-refractivity contribution in [1.82, 2.24) is 0 Å². The number of benzene rings is 1. The minimum absolute atomic E-state index is 0.236. The number of nitrogens with two attached hydrogens (primary N) is 1. The Morgan fingerprint density at radius 1 is 1.35 bits per heavy atom. The van der Waals surface area contributed by atoms with Gasteiger partial charge in [-0.05, 0) is 36.0 Å². The third-order valence-corrected chi connectivity index (χ3v) is 4.04. The van der Waals surface area contributed by atoms with Crippen LogP contribution in [-0.4, -0.2) is 6.54 Å². The van der Waals surface area contributed by atoms with E-state index < -0.39 is 0 Å². The Kier molecular flexibility index (Phi) is 4.31. The molecule has 0 bridgehead atoms. The molecule has 0 fully saturated rings. The smallest absolute Gasteiger partial charge is 0.0577 e. The van der Waals surface area contributed by atoms with Crippen LogP contribution in [0.25, 0.3) is 0 Å². The van der Waals surface area contributed by atoms with Crippen molar-refractivity contribution in [2.45, 2.75) is 34.6 Å². The standard InChI is InChI=1S/C14H23ClN2/c1-9(2)14(4,5)8-17-13-6-10(3)11(15)7-12(13)16/h6-7,9,17H,8,16H2,1-5H3. The highest BCUT2D eigenvalue weighted by Gasteiger charge is 2.22. The average Bonchev–Trinajstić information content (AvgIpc) is 2.21. The van der Waals surface area contributed by atoms with E-state index in [0.29, 0.717) is 11.6 Å². The summed E-state index contributed by atoms with van der Waals surface area (Å²) in [5.74, 6) is 0.615. The van der Waals surface area contributed by atoms with Gasteiger partial charge in [-0.15, -0.1) is 0 Å². The molecule has 0 saturated carbocycles. The molecule has 0 radical (unpaired) electrons. The fourth-order valence-electron chi connectivity index (χ4n) is 1.38. The minimum Gasteiger partial charge on any atom is -0.397 e. The first-order valence-electron chi connectivity index (χ1n) is 6.03. The Morgan fingerprint density at radius 3 is 2.47 bits per heavy atom. The summed E-state index contributed by atoms with van der Waals surface area (Å²) in [5, 5.41) is 4.14. The molecule has 1 rings (SSSR count). The van der Waals surface area contributed by atoms with Crippen LogP contribution in [0, 0.1) is 18.3 Å². The molecule has 0 aromatic heterocycles. The molecular weight excluding hydrogens is 232 g/mol. The fraction of sp³-hybridized carbons (Fsp3) is 0.571. The van der Waals surface area contributed by atoms with Gasteiger partial charge in [-0.25, -0.2) is 0 Å². The van der Waals surface area contributed by atoms with Crippen molar-refractivity contribution >= 4 is 23.0 Å². The molecule has 0 aliphatic carbocycles. The van der Waals surface area contributed by atoms with Crippen molar-refractivity contribution in [3.8, 4) is 0 Å². The van der Waals surface area contributed by atoms with Crippen LogP contribution in [0.1, 0.15) is 33.3 Å². The normalized spacial score (nSPS) is 11.9. The molecule has 0 heterocycles. The Bertz CT molecular complexity index is 397. The Labute approximate surface area is 110 Å². The van der Waals surface area contributed by atoms with Gasteiger partial charge in [0, 0.05) is 11.6 Å². The fourth-order valence-corrected chi connectivity index (χ4v) is 1.55. The van der Waals surface area contributed by atoms with E-state index in [2.05, 4.69) is 33.0 Å². The van der Waals surface area contributed by atoms with Gasteiger partial charge in [-0.3, -0.25) is 0 Å². The lowest BCUT2D eigenvalue weighted by Crippen LogP contribution is -2.28. The van der Waals surface area contributed by atoms with Gasteiger partial charge in [-0.1, -0.05) is 39.3 Å². The molecule has 17 heavy (non-hydrogen) atoms. The first-order chi connectivity index (χ1) is 7.74. The van der Waals surface area contributed by atoms with Gasteiger partial charge in [0.15, 0.2) is 0 Å². The van der Waals surface area contributed by atoms with Gasteiger partial charge in [0.05, 0.1) is 11.4 Å². The van der Waals surface area contributed by atoms with E-state index in [9.17, 15) is 0 Å². The Hall–Kier alpha value is -0.890. The molecule has 0 atom stereocenters. The minimum atomic E-state index is 0.236. The van der Waals surface area contributed by atoms with Crippen LogP contribution in [-0.2, 0) is 0 Å².